The predicted molar refractivity (Wildman–Crippen MR) is 92.0 cm³/mol. The minimum atomic E-state index is 0.247. The quantitative estimate of drug-likeness (QED) is 0.820. The first-order valence-electron chi connectivity index (χ1n) is 9.20. The van der Waals surface area contributed by atoms with E-state index in [0.717, 1.165) is 24.5 Å². The summed E-state index contributed by atoms with van der Waals surface area (Å²) in [4.78, 5) is 0. The molecule has 1 N–H and O–H groups in total. The van der Waals surface area contributed by atoms with Crippen molar-refractivity contribution in [2.75, 3.05) is 25.2 Å². The highest BCUT2D eigenvalue weighted by Crippen LogP contribution is 2.41. The Morgan fingerprint density at radius 1 is 1.19 bits per heavy atom. The van der Waals surface area contributed by atoms with Gasteiger partial charge in [-0.15, -0.1) is 0 Å². The van der Waals surface area contributed by atoms with Gasteiger partial charge >= 0.3 is 0 Å². The van der Waals surface area contributed by atoms with Crippen LogP contribution in [0.5, 0.6) is 0 Å². The van der Waals surface area contributed by atoms with E-state index in [4.69, 9.17) is 4.74 Å². The molecule has 2 aliphatic heterocycles. The zero-order valence-corrected chi connectivity index (χ0v) is 14.6. The average Bonchev–Trinajstić information content (AvgIpc) is 3.02. The Morgan fingerprint density at radius 2 is 1.95 bits per heavy atom. The molecular formula is C18H33NOS. The molecule has 0 amide bonds. The number of nitrogens with one attached hydrogen (secondary N) is 1. The van der Waals surface area contributed by atoms with Gasteiger partial charge in [-0.2, -0.15) is 11.8 Å². The van der Waals surface area contributed by atoms with Crippen LogP contribution in [0.1, 0.15) is 64.2 Å². The van der Waals surface area contributed by atoms with Crippen molar-refractivity contribution in [3.63, 3.8) is 0 Å². The zero-order valence-electron chi connectivity index (χ0n) is 13.7. The fraction of sp³-hybridized carbons (Fsp3) is 1.00. The van der Waals surface area contributed by atoms with E-state index in [0.29, 0.717) is 0 Å². The van der Waals surface area contributed by atoms with E-state index in [1.165, 1.54) is 75.7 Å². The van der Waals surface area contributed by atoms with Crippen molar-refractivity contribution < 1.29 is 4.74 Å². The van der Waals surface area contributed by atoms with E-state index >= 15 is 0 Å². The monoisotopic (exact) mass is 311 g/mol. The van der Waals surface area contributed by atoms with Gasteiger partial charge in [-0.1, -0.05) is 25.7 Å². The SMILES string of the molecule is CNC(CCC1CCCC1)C1CCOC2(CCSCC2)C1. The van der Waals surface area contributed by atoms with Crippen LogP contribution in [-0.2, 0) is 4.74 Å². The highest BCUT2D eigenvalue weighted by atomic mass is 32.2. The Morgan fingerprint density at radius 3 is 2.67 bits per heavy atom. The largest absolute Gasteiger partial charge is 0.375 e. The number of thioether (sulfide) groups is 1. The molecule has 3 rings (SSSR count). The van der Waals surface area contributed by atoms with Crippen LogP contribution in [0.4, 0.5) is 0 Å². The summed E-state index contributed by atoms with van der Waals surface area (Å²) in [6, 6.07) is 0.723. The van der Waals surface area contributed by atoms with Crippen LogP contribution < -0.4 is 5.32 Å². The summed E-state index contributed by atoms with van der Waals surface area (Å²) in [6.07, 6.45) is 13.9. The lowest BCUT2D eigenvalue weighted by molar-refractivity contribution is -0.107. The van der Waals surface area contributed by atoms with Crippen LogP contribution in [0.2, 0.25) is 0 Å². The molecule has 2 atom stereocenters. The molecule has 3 aliphatic rings. The van der Waals surface area contributed by atoms with Gasteiger partial charge in [0.05, 0.1) is 5.60 Å². The molecule has 0 bridgehead atoms. The minimum absolute atomic E-state index is 0.247. The average molecular weight is 312 g/mol. The number of hydrogen-bond donors (Lipinski definition) is 1. The van der Waals surface area contributed by atoms with Crippen LogP contribution in [-0.4, -0.2) is 36.8 Å². The van der Waals surface area contributed by atoms with Crippen LogP contribution in [0, 0.1) is 11.8 Å². The van der Waals surface area contributed by atoms with E-state index in [1.807, 2.05) is 0 Å². The summed E-state index contributed by atoms with van der Waals surface area (Å²) in [5.74, 6) is 4.48. The lowest BCUT2D eigenvalue weighted by atomic mass is 9.77. The Hall–Kier alpha value is 0.270. The van der Waals surface area contributed by atoms with Gasteiger partial charge in [0, 0.05) is 12.6 Å². The first-order chi connectivity index (χ1) is 10.3. The first kappa shape index (κ1) is 16.1. The molecule has 21 heavy (non-hydrogen) atoms. The van der Waals surface area contributed by atoms with Crippen LogP contribution >= 0.6 is 11.8 Å². The van der Waals surface area contributed by atoms with Gasteiger partial charge < -0.3 is 10.1 Å². The molecular weight excluding hydrogens is 278 g/mol. The Labute approximate surface area is 135 Å². The molecule has 2 heterocycles. The van der Waals surface area contributed by atoms with Gasteiger partial charge in [0.25, 0.3) is 0 Å². The Kier molecular flexibility index (Phi) is 5.92. The maximum Gasteiger partial charge on any atom is 0.0701 e. The van der Waals surface area contributed by atoms with E-state index in [2.05, 4.69) is 24.1 Å². The standard InChI is InChI=1S/C18H33NOS/c1-19-17(7-6-15-4-2-3-5-15)16-8-11-20-18(14-16)9-12-21-13-10-18/h15-17,19H,2-14H2,1H3. The lowest BCUT2D eigenvalue weighted by Crippen LogP contribution is -2.48. The summed E-state index contributed by atoms with van der Waals surface area (Å²) in [6.45, 7) is 0.997. The van der Waals surface area contributed by atoms with E-state index in [-0.39, 0.29) is 5.60 Å². The third-order valence-electron chi connectivity index (χ3n) is 6.24. The van der Waals surface area contributed by atoms with Crippen molar-refractivity contribution >= 4 is 11.8 Å². The summed E-state index contributed by atoms with van der Waals surface area (Å²) in [7, 11) is 2.18. The van der Waals surface area contributed by atoms with Gasteiger partial charge in [0.2, 0.25) is 0 Å². The van der Waals surface area contributed by atoms with Gasteiger partial charge in [0.15, 0.2) is 0 Å². The molecule has 1 spiro atoms. The molecule has 1 aliphatic carbocycles. The summed E-state index contributed by atoms with van der Waals surface area (Å²) in [5.41, 5.74) is 0.247. The molecule has 0 aromatic rings. The van der Waals surface area contributed by atoms with Gasteiger partial charge in [-0.25, -0.2) is 0 Å². The Bertz CT molecular complexity index is 305. The van der Waals surface area contributed by atoms with Gasteiger partial charge in [0.1, 0.15) is 0 Å². The number of hydrogen-bond acceptors (Lipinski definition) is 3. The highest BCUT2D eigenvalue weighted by molar-refractivity contribution is 7.99. The maximum atomic E-state index is 6.27. The molecule has 2 nitrogen and oxygen atoms in total. The third kappa shape index (κ3) is 4.17. The minimum Gasteiger partial charge on any atom is -0.375 e. The second-order valence-electron chi connectivity index (χ2n) is 7.52. The van der Waals surface area contributed by atoms with E-state index in [1.54, 1.807) is 0 Å². The van der Waals surface area contributed by atoms with Crippen molar-refractivity contribution in [3.05, 3.63) is 0 Å². The number of rotatable bonds is 5. The molecule has 0 radical (unpaired) electrons. The topological polar surface area (TPSA) is 21.3 Å². The lowest BCUT2D eigenvalue weighted by Gasteiger charge is -2.45. The van der Waals surface area contributed by atoms with Crippen molar-refractivity contribution in [1.29, 1.82) is 0 Å². The van der Waals surface area contributed by atoms with Crippen molar-refractivity contribution in [2.45, 2.75) is 75.9 Å². The second kappa shape index (κ2) is 7.70. The smallest absolute Gasteiger partial charge is 0.0701 e. The summed E-state index contributed by atoms with van der Waals surface area (Å²) in [5, 5.41) is 3.66. The fourth-order valence-corrected chi connectivity index (χ4v) is 6.07. The highest BCUT2D eigenvalue weighted by Gasteiger charge is 2.40. The van der Waals surface area contributed by atoms with Crippen LogP contribution in [0.25, 0.3) is 0 Å². The fourth-order valence-electron chi connectivity index (χ4n) is 4.83. The van der Waals surface area contributed by atoms with Crippen LogP contribution in [0.3, 0.4) is 0 Å². The van der Waals surface area contributed by atoms with Gasteiger partial charge in [-0.3, -0.25) is 0 Å². The number of ether oxygens (including phenoxy) is 1. The second-order valence-corrected chi connectivity index (χ2v) is 8.74. The zero-order chi connectivity index (χ0) is 14.5. The van der Waals surface area contributed by atoms with Crippen molar-refractivity contribution in [1.82, 2.24) is 5.32 Å². The summed E-state index contributed by atoms with van der Waals surface area (Å²) < 4.78 is 6.27. The Balaban J connectivity index is 1.52. The summed E-state index contributed by atoms with van der Waals surface area (Å²) >= 11 is 2.11. The molecule has 0 aromatic heterocycles. The van der Waals surface area contributed by atoms with Crippen molar-refractivity contribution in [2.24, 2.45) is 11.8 Å². The molecule has 3 heteroatoms. The van der Waals surface area contributed by atoms with E-state index < -0.39 is 0 Å². The normalized spacial score (nSPS) is 31.6. The van der Waals surface area contributed by atoms with Crippen LogP contribution in [0.15, 0.2) is 0 Å². The molecule has 2 saturated heterocycles. The molecule has 122 valence electrons. The van der Waals surface area contributed by atoms with Crippen molar-refractivity contribution in [3.8, 4) is 0 Å². The molecule has 1 saturated carbocycles. The first-order valence-corrected chi connectivity index (χ1v) is 10.4. The van der Waals surface area contributed by atoms with Gasteiger partial charge in [-0.05, 0) is 68.9 Å². The maximum absolute atomic E-state index is 6.27. The third-order valence-corrected chi connectivity index (χ3v) is 7.22. The van der Waals surface area contributed by atoms with E-state index in [9.17, 15) is 0 Å². The predicted octanol–water partition coefficient (Wildman–Crippen LogP) is 4.24. The molecule has 3 fully saturated rings. The molecule has 2 unspecified atom stereocenters. The molecule has 0 aromatic carbocycles.